The van der Waals surface area contributed by atoms with E-state index in [1.807, 2.05) is 27.3 Å². The predicted octanol–water partition coefficient (Wildman–Crippen LogP) is 1.36. The number of H-pyrrole nitrogens is 1. The molecule has 1 fully saturated rings. The van der Waals surface area contributed by atoms with Gasteiger partial charge in [-0.1, -0.05) is 21.6 Å². The smallest absolute Gasteiger partial charge is 0.280 e. The number of aromatic amines is 1. The van der Waals surface area contributed by atoms with Gasteiger partial charge in [0.05, 0.1) is 25.4 Å². The highest BCUT2D eigenvalue weighted by Crippen LogP contribution is 2.35. The summed E-state index contributed by atoms with van der Waals surface area (Å²) in [5.74, 6) is 0.183. The molecule has 28 heavy (non-hydrogen) atoms. The van der Waals surface area contributed by atoms with Crippen molar-refractivity contribution >= 4 is 45.0 Å². The van der Waals surface area contributed by atoms with Crippen molar-refractivity contribution in [3.8, 4) is 0 Å². The molecule has 0 amide bonds. The van der Waals surface area contributed by atoms with Gasteiger partial charge in [-0.3, -0.25) is 14.3 Å². The molecule has 2 N–H and O–H groups in total. The molecule has 1 aliphatic heterocycles. The molecule has 154 valence electrons. The van der Waals surface area contributed by atoms with Gasteiger partial charge in [-0.15, -0.1) is 0 Å². The highest BCUT2D eigenvalue weighted by Gasteiger charge is 2.38. The second-order valence-electron chi connectivity index (χ2n) is 6.47. The molecule has 0 aromatic carbocycles. The van der Waals surface area contributed by atoms with Crippen LogP contribution < -0.4 is 5.56 Å². The van der Waals surface area contributed by atoms with Gasteiger partial charge in [0.2, 0.25) is 5.95 Å². The van der Waals surface area contributed by atoms with Crippen LogP contribution >= 0.6 is 21.6 Å². The molecular weight excluding hydrogens is 404 g/mol. The second-order valence-corrected chi connectivity index (χ2v) is 9.24. The van der Waals surface area contributed by atoms with Gasteiger partial charge in [0, 0.05) is 20.5 Å². The van der Waals surface area contributed by atoms with E-state index in [4.69, 9.17) is 9.47 Å². The molecule has 10 nitrogen and oxygen atoms in total. The van der Waals surface area contributed by atoms with Crippen LogP contribution in [0.3, 0.4) is 0 Å². The zero-order valence-corrected chi connectivity index (χ0v) is 17.7. The predicted molar refractivity (Wildman–Crippen MR) is 111 cm³/mol. The number of fused-ring (bicyclic) bond motifs is 1. The number of hydrogen-bond donors (Lipinski definition) is 2. The lowest BCUT2D eigenvalue weighted by molar-refractivity contribution is -0.0628. The quantitative estimate of drug-likeness (QED) is 0.278. The molecule has 12 heteroatoms. The third kappa shape index (κ3) is 4.69. The Balaban J connectivity index is 1.87. The zero-order valence-electron chi connectivity index (χ0n) is 16.1. The number of aromatic nitrogens is 4. The number of nitrogens with zero attached hydrogens (tertiary/aromatic N) is 5. The van der Waals surface area contributed by atoms with Crippen molar-refractivity contribution in [1.82, 2.24) is 24.4 Å². The molecule has 2 aromatic rings. The van der Waals surface area contributed by atoms with Gasteiger partial charge < -0.3 is 19.5 Å². The summed E-state index contributed by atoms with van der Waals surface area (Å²) >= 11 is 0. The summed E-state index contributed by atoms with van der Waals surface area (Å²) in [7, 11) is 6.87. The lowest BCUT2D eigenvalue weighted by Gasteiger charge is -2.20. The second kappa shape index (κ2) is 9.27. The Bertz CT molecular complexity index is 886. The number of aliphatic imine (C=N–C) groups is 1. The van der Waals surface area contributed by atoms with Gasteiger partial charge in [-0.25, -0.2) is 9.98 Å². The minimum absolute atomic E-state index is 0.0381. The normalized spacial score (nSPS) is 23.7. The van der Waals surface area contributed by atoms with Crippen molar-refractivity contribution in [1.29, 1.82) is 0 Å². The van der Waals surface area contributed by atoms with E-state index in [2.05, 4.69) is 19.9 Å². The first-order valence-electron chi connectivity index (χ1n) is 8.71. The fraction of sp³-hybridized carbons (Fsp3) is 0.625. The number of hydrogen-bond acceptors (Lipinski definition) is 9. The Kier molecular flexibility index (Phi) is 6.99. The van der Waals surface area contributed by atoms with Crippen LogP contribution in [0.4, 0.5) is 5.95 Å². The van der Waals surface area contributed by atoms with Gasteiger partial charge in [-0.2, -0.15) is 4.98 Å². The molecule has 4 atom stereocenters. The third-order valence-corrected chi connectivity index (χ3v) is 6.06. The maximum atomic E-state index is 12.3. The average molecular weight is 429 g/mol. The van der Waals surface area contributed by atoms with Crippen molar-refractivity contribution in [2.24, 2.45) is 4.99 Å². The maximum Gasteiger partial charge on any atom is 0.280 e. The molecule has 0 spiro atoms. The molecule has 1 aliphatic rings. The van der Waals surface area contributed by atoms with Crippen molar-refractivity contribution < 1.29 is 14.6 Å². The van der Waals surface area contributed by atoms with E-state index in [0.717, 1.165) is 0 Å². The average Bonchev–Trinajstić information content (AvgIpc) is 3.24. The van der Waals surface area contributed by atoms with E-state index in [1.54, 1.807) is 37.4 Å². The number of aliphatic hydroxyl groups excluding tert-OH is 1. The van der Waals surface area contributed by atoms with E-state index in [9.17, 15) is 9.90 Å². The molecule has 1 saturated heterocycles. The van der Waals surface area contributed by atoms with Crippen LogP contribution in [0.1, 0.15) is 19.6 Å². The standard InChI is InChI=1S/C16H24N6O4S2/c1-9(28-27-4)25-10-5-12(26-11(10)6-23)22-8-17-13-14(22)19-16(20-15(13)24)18-7-21(2)3/h7-12,23H,5-6H2,1-4H3,(H,19,20,24)/b18-7-/t9-,10?,11+,12+/m0/s1. The summed E-state index contributed by atoms with van der Waals surface area (Å²) in [5.41, 5.74) is 0.181. The lowest BCUT2D eigenvalue weighted by atomic mass is 10.2. The molecular formula is C16H24N6O4S2. The topological polar surface area (TPSA) is 118 Å². The first kappa shape index (κ1) is 21.1. The van der Waals surface area contributed by atoms with Crippen LogP contribution in [0.15, 0.2) is 16.1 Å². The number of aliphatic hydroxyl groups is 1. The Labute approximate surface area is 170 Å². The molecule has 0 saturated carbocycles. The summed E-state index contributed by atoms with van der Waals surface area (Å²) in [6.45, 7) is 1.81. The van der Waals surface area contributed by atoms with Crippen LogP contribution in [-0.4, -0.2) is 80.5 Å². The van der Waals surface area contributed by atoms with Gasteiger partial charge in [-0.05, 0) is 13.2 Å². The van der Waals surface area contributed by atoms with Crippen molar-refractivity contribution in [2.75, 3.05) is 27.0 Å². The first-order valence-corrected chi connectivity index (χ1v) is 11.3. The molecule has 0 radical (unpaired) electrons. The van der Waals surface area contributed by atoms with Crippen LogP contribution in [0.25, 0.3) is 11.2 Å². The van der Waals surface area contributed by atoms with E-state index < -0.39 is 12.3 Å². The lowest BCUT2D eigenvalue weighted by Crippen LogP contribution is -2.29. The Morgan fingerprint density at radius 3 is 3.07 bits per heavy atom. The fourth-order valence-corrected chi connectivity index (χ4v) is 4.35. The van der Waals surface area contributed by atoms with Crippen molar-refractivity contribution in [3.05, 3.63) is 16.7 Å². The summed E-state index contributed by atoms with van der Waals surface area (Å²) in [6, 6.07) is 0. The SMILES string of the molecule is CSS[C@@H](C)OC1C[C@H](n2cnc3c(=O)[nH]c(/N=C\N(C)C)nc32)O[C@@H]1CO. The molecule has 1 unspecified atom stereocenters. The van der Waals surface area contributed by atoms with Gasteiger partial charge in [0.25, 0.3) is 5.56 Å². The summed E-state index contributed by atoms with van der Waals surface area (Å²) in [4.78, 5) is 29.4. The third-order valence-electron chi connectivity index (χ3n) is 4.10. The Hall–Kier alpha value is -1.60. The van der Waals surface area contributed by atoms with E-state index in [1.165, 1.54) is 6.33 Å². The highest BCUT2D eigenvalue weighted by atomic mass is 33.1. The van der Waals surface area contributed by atoms with E-state index in [0.29, 0.717) is 12.1 Å². The number of rotatable bonds is 8. The van der Waals surface area contributed by atoms with Crippen LogP contribution in [0, 0.1) is 0 Å². The summed E-state index contributed by atoms with van der Waals surface area (Å²) in [6.07, 6.45) is 4.40. The van der Waals surface area contributed by atoms with Gasteiger partial charge >= 0.3 is 0 Å². The number of ether oxygens (including phenoxy) is 2. The maximum absolute atomic E-state index is 12.3. The number of imidazole rings is 1. The molecule has 2 aromatic heterocycles. The van der Waals surface area contributed by atoms with Crippen molar-refractivity contribution in [2.45, 2.75) is 37.2 Å². The van der Waals surface area contributed by atoms with Gasteiger partial charge in [0.15, 0.2) is 11.2 Å². The molecule has 3 heterocycles. The molecule has 3 rings (SSSR count). The fourth-order valence-electron chi connectivity index (χ4n) is 2.94. The minimum atomic E-state index is -0.458. The van der Waals surface area contributed by atoms with Crippen molar-refractivity contribution in [3.63, 3.8) is 0 Å². The van der Waals surface area contributed by atoms with E-state index >= 15 is 0 Å². The first-order chi connectivity index (χ1) is 13.4. The summed E-state index contributed by atoms with van der Waals surface area (Å²) < 4.78 is 13.7. The molecule has 0 bridgehead atoms. The molecule has 0 aliphatic carbocycles. The van der Waals surface area contributed by atoms with E-state index in [-0.39, 0.29) is 35.2 Å². The van der Waals surface area contributed by atoms with Gasteiger partial charge in [0.1, 0.15) is 17.8 Å². The number of nitrogens with one attached hydrogen (secondary N) is 1. The van der Waals surface area contributed by atoms with Crippen LogP contribution in [-0.2, 0) is 9.47 Å². The zero-order chi connectivity index (χ0) is 20.3. The monoisotopic (exact) mass is 428 g/mol. The van der Waals surface area contributed by atoms with Crippen LogP contribution in [0.2, 0.25) is 0 Å². The highest BCUT2D eigenvalue weighted by molar-refractivity contribution is 8.76. The summed E-state index contributed by atoms with van der Waals surface area (Å²) in [5, 5.41) is 9.68. The largest absolute Gasteiger partial charge is 0.394 e. The minimum Gasteiger partial charge on any atom is -0.394 e. The Morgan fingerprint density at radius 2 is 2.39 bits per heavy atom. The Morgan fingerprint density at radius 1 is 1.61 bits per heavy atom. The van der Waals surface area contributed by atoms with Crippen LogP contribution in [0.5, 0.6) is 0 Å².